The molecular formula is C17H15F2NO3. The van der Waals surface area contributed by atoms with E-state index in [-0.39, 0.29) is 17.5 Å². The molecule has 0 saturated carbocycles. The number of carbonyl (C=O) groups excluding carboxylic acids is 2. The largest absolute Gasteiger partial charge is 0.467 e. The van der Waals surface area contributed by atoms with E-state index >= 15 is 0 Å². The van der Waals surface area contributed by atoms with E-state index in [1.54, 1.807) is 6.07 Å². The van der Waals surface area contributed by atoms with Gasteiger partial charge >= 0.3 is 5.97 Å². The van der Waals surface area contributed by atoms with Crippen LogP contribution in [0.5, 0.6) is 0 Å². The van der Waals surface area contributed by atoms with Crippen LogP contribution in [-0.4, -0.2) is 25.0 Å². The summed E-state index contributed by atoms with van der Waals surface area (Å²) in [6.07, 6.45) is -0.0977. The summed E-state index contributed by atoms with van der Waals surface area (Å²) in [5.41, 5.74) is 0.0478. The van der Waals surface area contributed by atoms with E-state index in [9.17, 15) is 18.4 Å². The lowest BCUT2D eigenvalue weighted by Gasteiger charge is -2.17. The fraction of sp³-hybridized carbons (Fsp3) is 0.176. The fourth-order valence-electron chi connectivity index (χ4n) is 2.10. The van der Waals surface area contributed by atoms with E-state index < -0.39 is 29.6 Å². The Morgan fingerprint density at radius 2 is 1.65 bits per heavy atom. The van der Waals surface area contributed by atoms with Crippen molar-refractivity contribution in [2.24, 2.45) is 0 Å². The highest BCUT2D eigenvalue weighted by molar-refractivity contribution is 5.97. The maximum absolute atomic E-state index is 13.7. The zero-order chi connectivity index (χ0) is 16.8. The molecule has 0 aliphatic carbocycles. The molecular weight excluding hydrogens is 304 g/mol. The third-order valence-electron chi connectivity index (χ3n) is 3.29. The van der Waals surface area contributed by atoms with Crippen molar-refractivity contribution in [2.45, 2.75) is 12.5 Å². The molecule has 6 heteroatoms. The summed E-state index contributed by atoms with van der Waals surface area (Å²) in [6.45, 7) is 0. The molecule has 120 valence electrons. The monoisotopic (exact) mass is 319 g/mol. The first-order valence-corrected chi connectivity index (χ1v) is 6.89. The van der Waals surface area contributed by atoms with Crippen molar-refractivity contribution >= 4 is 11.9 Å². The predicted molar refractivity (Wildman–Crippen MR) is 79.8 cm³/mol. The number of amides is 1. The summed E-state index contributed by atoms with van der Waals surface area (Å²) in [7, 11) is 1.16. The summed E-state index contributed by atoms with van der Waals surface area (Å²) in [5.74, 6) is -2.71. The number of hydrogen-bond donors (Lipinski definition) is 1. The topological polar surface area (TPSA) is 55.4 Å². The van der Waals surface area contributed by atoms with Gasteiger partial charge in [-0.15, -0.1) is 0 Å². The van der Waals surface area contributed by atoms with Crippen LogP contribution in [0.25, 0.3) is 0 Å². The maximum atomic E-state index is 13.7. The molecule has 1 amide bonds. The van der Waals surface area contributed by atoms with Crippen molar-refractivity contribution in [3.8, 4) is 0 Å². The van der Waals surface area contributed by atoms with Gasteiger partial charge in [-0.05, 0) is 23.8 Å². The molecule has 0 aromatic heterocycles. The van der Waals surface area contributed by atoms with Crippen molar-refractivity contribution in [3.05, 3.63) is 71.3 Å². The highest BCUT2D eigenvalue weighted by atomic mass is 19.1. The third-order valence-corrected chi connectivity index (χ3v) is 3.29. The Morgan fingerprint density at radius 3 is 2.26 bits per heavy atom. The Labute approximate surface area is 132 Å². The Bertz CT molecular complexity index is 718. The Hall–Kier alpha value is -2.76. The number of esters is 1. The van der Waals surface area contributed by atoms with Gasteiger partial charge in [0.25, 0.3) is 5.91 Å². The molecule has 0 bridgehead atoms. The number of benzene rings is 2. The molecule has 1 N–H and O–H groups in total. The highest BCUT2D eigenvalue weighted by Gasteiger charge is 2.24. The van der Waals surface area contributed by atoms with Gasteiger partial charge in [-0.25, -0.2) is 13.6 Å². The van der Waals surface area contributed by atoms with Gasteiger partial charge in [0, 0.05) is 6.42 Å². The molecule has 0 aliphatic rings. The van der Waals surface area contributed by atoms with E-state index in [0.717, 1.165) is 13.2 Å². The second-order valence-electron chi connectivity index (χ2n) is 4.82. The number of methoxy groups -OCH3 is 1. The Morgan fingerprint density at radius 1 is 1.04 bits per heavy atom. The van der Waals surface area contributed by atoms with E-state index in [2.05, 4.69) is 10.1 Å². The van der Waals surface area contributed by atoms with Crippen molar-refractivity contribution in [2.75, 3.05) is 7.11 Å². The lowest BCUT2D eigenvalue weighted by Crippen LogP contribution is -2.43. The molecule has 0 saturated heterocycles. The molecule has 0 unspecified atom stereocenters. The molecule has 4 nitrogen and oxygen atoms in total. The van der Waals surface area contributed by atoms with Crippen LogP contribution >= 0.6 is 0 Å². The third kappa shape index (κ3) is 4.12. The number of carbonyl (C=O) groups is 2. The van der Waals surface area contributed by atoms with Gasteiger partial charge in [-0.2, -0.15) is 0 Å². The minimum atomic E-state index is -1.12. The van der Waals surface area contributed by atoms with Gasteiger partial charge < -0.3 is 10.1 Å². The van der Waals surface area contributed by atoms with Crippen molar-refractivity contribution in [1.82, 2.24) is 5.32 Å². The lowest BCUT2D eigenvalue weighted by molar-refractivity contribution is -0.142. The van der Waals surface area contributed by atoms with Crippen LogP contribution in [0.1, 0.15) is 15.9 Å². The van der Waals surface area contributed by atoms with Crippen LogP contribution < -0.4 is 5.32 Å². The predicted octanol–water partition coefficient (Wildman–Crippen LogP) is 2.48. The van der Waals surface area contributed by atoms with Gasteiger partial charge in [0.2, 0.25) is 0 Å². The summed E-state index contributed by atoms with van der Waals surface area (Å²) in [6, 6.07) is 10.1. The lowest BCUT2D eigenvalue weighted by atomic mass is 10.0. The number of rotatable bonds is 5. The molecule has 2 rings (SSSR count). The minimum absolute atomic E-state index is 0.0977. The molecule has 0 spiro atoms. The second kappa shape index (κ2) is 7.49. The molecule has 0 heterocycles. The summed E-state index contributed by atoms with van der Waals surface area (Å²) < 4.78 is 32.0. The number of ether oxygens (including phenoxy) is 1. The average molecular weight is 319 g/mol. The first-order chi connectivity index (χ1) is 11.0. The maximum Gasteiger partial charge on any atom is 0.328 e. The summed E-state index contributed by atoms with van der Waals surface area (Å²) in [5, 5.41) is 2.38. The SMILES string of the molecule is COC(=O)[C@H](Cc1ccccc1F)NC(=O)c1ccccc1F. The molecule has 2 aromatic rings. The van der Waals surface area contributed by atoms with Crippen molar-refractivity contribution in [3.63, 3.8) is 0 Å². The van der Waals surface area contributed by atoms with E-state index in [4.69, 9.17) is 0 Å². The normalized spacial score (nSPS) is 11.6. The molecule has 0 aliphatic heterocycles. The minimum Gasteiger partial charge on any atom is -0.467 e. The van der Waals surface area contributed by atoms with Crippen LogP contribution in [0.3, 0.4) is 0 Å². The van der Waals surface area contributed by atoms with Gasteiger partial charge in [-0.3, -0.25) is 4.79 Å². The van der Waals surface area contributed by atoms with Crippen LogP contribution in [0.4, 0.5) is 8.78 Å². The van der Waals surface area contributed by atoms with Crippen molar-refractivity contribution in [1.29, 1.82) is 0 Å². The first-order valence-electron chi connectivity index (χ1n) is 6.89. The molecule has 0 radical (unpaired) electrons. The van der Waals surface area contributed by atoms with Crippen LogP contribution in [0.15, 0.2) is 48.5 Å². The van der Waals surface area contributed by atoms with Crippen LogP contribution in [0.2, 0.25) is 0 Å². The van der Waals surface area contributed by atoms with E-state index in [1.165, 1.54) is 36.4 Å². The molecule has 1 atom stereocenters. The second-order valence-corrected chi connectivity index (χ2v) is 4.82. The van der Waals surface area contributed by atoms with Crippen LogP contribution in [0, 0.1) is 11.6 Å². The highest BCUT2D eigenvalue weighted by Crippen LogP contribution is 2.12. The fourth-order valence-corrected chi connectivity index (χ4v) is 2.10. The zero-order valence-corrected chi connectivity index (χ0v) is 12.4. The van der Waals surface area contributed by atoms with Gasteiger partial charge in [0.15, 0.2) is 0 Å². The molecule has 23 heavy (non-hydrogen) atoms. The van der Waals surface area contributed by atoms with Crippen LogP contribution in [-0.2, 0) is 16.0 Å². The zero-order valence-electron chi connectivity index (χ0n) is 12.4. The number of halogens is 2. The quantitative estimate of drug-likeness (QED) is 0.862. The smallest absolute Gasteiger partial charge is 0.328 e. The Balaban J connectivity index is 2.20. The molecule has 0 fully saturated rings. The van der Waals surface area contributed by atoms with E-state index in [1.807, 2.05) is 0 Å². The van der Waals surface area contributed by atoms with Gasteiger partial charge in [-0.1, -0.05) is 30.3 Å². The van der Waals surface area contributed by atoms with Gasteiger partial charge in [0.1, 0.15) is 17.7 Å². The van der Waals surface area contributed by atoms with E-state index in [0.29, 0.717) is 0 Å². The summed E-state index contributed by atoms with van der Waals surface area (Å²) in [4.78, 5) is 23.9. The molecule has 2 aromatic carbocycles. The number of nitrogens with one attached hydrogen (secondary N) is 1. The summed E-state index contributed by atoms with van der Waals surface area (Å²) >= 11 is 0. The standard InChI is InChI=1S/C17H15F2NO3/c1-23-17(22)15(10-11-6-2-4-8-13(11)18)20-16(21)12-7-3-5-9-14(12)19/h2-9,15H,10H2,1H3,(H,20,21)/t15-/m0/s1. The van der Waals surface area contributed by atoms with Crippen molar-refractivity contribution < 1.29 is 23.1 Å². The Kier molecular flexibility index (Phi) is 5.41. The number of hydrogen-bond acceptors (Lipinski definition) is 3. The average Bonchev–Trinajstić information content (AvgIpc) is 2.55. The van der Waals surface area contributed by atoms with Gasteiger partial charge in [0.05, 0.1) is 12.7 Å². The first kappa shape index (κ1) is 16.6.